The summed E-state index contributed by atoms with van der Waals surface area (Å²) in [7, 11) is 0. The number of hydrogen-bond donors (Lipinski definition) is 1. The Morgan fingerprint density at radius 3 is 2.70 bits per heavy atom. The van der Waals surface area contributed by atoms with Gasteiger partial charge in [-0.05, 0) is 61.9 Å². The molecule has 0 amide bonds. The van der Waals surface area contributed by atoms with E-state index in [2.05, 4.69) is 11.0 Å². The lowest BCUT2D eigenvalue weighted by Crippen LogP contribution is -2.36. The van der Waals surface area contributed by atoms with E-state index < -0.39 is 0 Å². The van der Waals surface area contributed by atoms with Gasteiger partial charge >= 0.3 is 0 Å². The van der Waals surface area contributed by atoms with Crippen LogP contribution in [0.4, 0.5) is 0 Å². The third-order valence-electron chi connectivity index (χ3n) is 6.49. The van der Waals surface area contributed by atoms with Crippen molar-refractivity contribution in [2.45, 2.75) is 69.7 Å². The molecule has 0 aromatic heterocycles. The van der Waals surface area contributed by atoms with E-state index in [0.717, 1.165) is 18.4 Å². The Balaban J connectivity index is 0.00000156. The number of phenolic OH excluding ortho intramolecular Hbond substituents is 1. The molecule has 23 heavy (non-hydrogen) atoms. The molecule has 0 spiro atoms. The number of rotatable bonds is 3. The Labute approximate surface area is 146 Å². The summed E-state index contributed by atoms with van der Waals surface area (Å²) in [4.78, 5) is 2.77. The van der Waals surface area contributed by atoms with Crippen LogP contribution in [-0.4, -0.2) is 29.1 Å². The van der Waals surface area contributed by atoms with Gasteiger partial charge in [0.2, 0.25) is 0 Å². The SMILES string of the molecule is Cl.Oc1cccc2c1CC[C@H]1[C@@H]2CCN1CCC1CCCCC1. The van der Waals surface area contributed by atoms with Crippen molar-refractivity contribution < 1.29 is 5.11 Å². The van der Waals surface area contributed by atoms with Crippen LogP contribution in [0.15, 0.2) is 18.2 Å². The molecule has 1 aromatic rings. The molecule has 128 valence electrons. The summed E-state index contributed by atoms with van der Waals surface area (Å²) in [6.07, 6.45) is 12.3. The van der Waals surface area contributed by atoms with Crippen molar-refractivity contribution in [3.8, 4) is 5.75 Å². The topological polar surface area (TPSA) is 23.5 Å². The molecule has 2 aliphatic carbocycles. The monoisotopic (exact) mass is 335 g/mol. The normalized spacial score (nSPS) is 28.0. The lowest BCUT2D eigenvalue weighted by molar-refractivity contribution is 0.199. The fraction of sp³-hybridized carbons (Fsp3) is 0.700. The molecule has 1 N–H and O–H groups in total. The van der Waals surface area contributed by atoms with Gasteiger partial charge in [0.1, 0.15) is 5.75 Å². The van der Waals surface area contributed by atoms with Crippen LogP contribution in [0.3, 0.4) is 0 Å². The number of likely N-dealkylation sites (tertiary alicyclic amines) is 1. The first-order chi connectivity index (χ1) is 10.8. The van der Waals surface area contributed by atoms with E-state index in [9.17, 15) is 5.11 Å². The van der Waals surface area contributed by atoms with Crippen LogP contribution in [0, 0.1) is 5.92 Å². The maximum Gasteiger partial charge on any atom is 0.119 e. The number of hydrogen-bond acceptors (Lipinski definition) is 2. The zero-order valence-electron chi connectivity index (χ0n) is 14.0. The van der Waals surface area contributed by atoms with E-state index in [4.69, 9.17) is 0 Å². The lowest BCUT2D eigenvalue weighted by atomic mass is 9.79. The van der Waals surface area contributed by atoms with E-state index in [1.54, 1.807) is 0 Å². The average molecular weight is 336 g/mol. The van der Waals surface area contributed by atoms with E-state index >= 15 is 0 Å². The van der Waals surface area contributed by atoms with Gasteiger partial charge in [-0.3, -0.25) is 4.90 Å². The Morgan fingerprint density at radius 2 is 1.87 bits per heavy atom. The second-order valence-electron chi connectivity index (χ2n) is 7.67. The highest BCUT2D eigenvalue weighted by Crippen LogP contribution is 2.44. The fourth-order valence-electron chi connectivity index (χ4n) is 5.27. The van der Waals surface area contributed by atoms with Crippen LogP contribution in [0.1, 0.15) is 68.4 Å². The van der Waals surface area contributed by atoms with Crippen LogP contribution in [0.2, 0.25) is 0 Å². The molecule has 1 aromatic carbocycles. The summed E-state index contributed by atoms with van der Waals surface area (Å²) in [5.74, 6) is 2.19. The largest absolute Gasteiger partial charge is 0.508 e. The lowest BCUT2D eigenvalue weighted by Gasteiger charge is -2.34. The Morgan fingerprint density at radius 1 is 1.04 bits per heavy atom. The molecule has 1 saturated heterocycles. The molecule has 2 nitrogen and oxygen atoms in total. The van der Waals surface area contributed by atoms with Crippen molar-refractivity contribution in [3.05, 3.63) is 29.3 Å². The maximum atomic E-state index is 10.1. The van der Waals surface area contributed by atoms with Crippen LogP contribution >= 0.6 is 12.4 Å². The Kier molecular flexibility index (Phi) is 5.53. The predicted molar refractivity (Wildman–Crippen MR) is 97.6 cm³/mol. The second-order valence-corrected chi connectivity index (χ2v) is 7.67. The summed E-state index contributed by atoms with van der Waals surface area (Å²) in [5, 5.41) is 10.1. The molecule has 0 bridgehead atoms. The van der Waals surface area contributed by atoms with Gasteiger partial charge in [0.15, 0.2) is 0 Å². The molecular formula is C20H30ClNO. The molecule has 0 radical (unpaired) electrons. The van der Waals surface area contributed by atoms with Gasteiger partial charge in [0, 0.05) is 12.0 Å². The van der Waals surface area contributed by atoms with E-state index in [-0.39, 0.29) is 12.4 Å². The molecule has 1 saturated carbocycles. The third kappa shape index (κ3) is 3.39. The summed E-state index contributed by atoms with van der Waals surface area (Å²) in [5.41, 5.74) is 2.68. The highest BCUT2D eigenvalue weighted by molar-refractivity contribution is 5.85. The van der Waals surface area contributed by atoms with Crippen LogP contribution in [0.25, 0.3) is 0 Å². The summed E-state index contributed by atoms with van der Waals surface area (Å²) in [6, 6.07) is 6.88. The smallest absolute Gasteiger partial charge is 0.119 e. The molecular weight excluding hydrogens is 306 g/mol. The van der Waals surface area contributed by atoms with Gasteiger partial charge in [0.25, 0.3) is 0 Å². The first-order valence-electron chi connectivity index (χ1n) is 9.38. The minimum absolute atomic E-state index is 0. The Hall–Kier alpha value is -0.730. The number of halogens is 1. The van der Waals surface area contributed by atoms with Gasteiger partial charge < -0.3 is 5.11 Å². The van der Waals surface area contributed by atoms with Gasteiger partial charge in [-0.1, -0.05) is 44.2 Å². The number of nitrogens with zero attached hydrogens (tertiary/aromatic N) is 1. The first-order valence-corrected chi connectivity index (χ1v) is 9.38. The molecule has 4 rings (SSSR count). The van der Waals surface area contributed by atoms with E-state index in [0.29, 0.717) is 11.7 Å². The molecule has 1 aliphatic heterocycles. The van der Waals surface area contributed by atoms with Gasteiger partial charge in [0.05, 0.1) is 0 Å². The summed E-state index contributed by atoms with van der Waals surface area (Å²) < 4.78 is 0. The minimum Gasteiger partial charge on any atom is -0.508 e. The standard InChI is InChI=1S/C20H29NO.ClH/c22-20-8-4-7-16-17-12-14-21(19(17)10-9-18(16)20)13-11-15-5-2-1-3-6-15;/h4,7-8,15,17,19,22H,1-3,5-6,9-14H2;1H/t17-,19+;/m1./s1. The van der Waals surface area contributed by atoms with Crippen molar-refractivity contribution >= 4 is 12.4 Å². The maximum absolute atomic E-state index is 10.1. The molecule has 2 atom stereocenters. The third-order valence-corrected chi connectivity index (χ3v) is 6.49. The van der Waals surface area contributed by atoms with Gasteiger partial charge in [-0.15, -0.1) is 12.4 Å². The quantitative estimate of drug-likeness (QED) is 0.850. The minimum atomic E-state index is 0. The van der Waals surface area contributed by atoms with Gasteiger partial charge in [-0.25, -0.2) is 0 Å². The average Bonchev–Trinajstić information content (AvgIpc) is 2.98. The molecule has 0 unspecified atom stereocenters. The van der Waals surface area contributed by atoms with Crippen LogP contribution in [0.5, 0.6) is 5.75 Å². The zero-order chi connectivity index (χ0) is 14.9. The fourth-order valence-corrected chi connectivity index (χ4v) is 5.27. The molecule has 3 aliphatic rings. The molecule has 3 heteroatoms. The number of phenols is 1. The van der Waals surface area contributed by atoms with Crippen molar-refractivity contribution in [2.24, 2.45) is 5.92 Å². The van der Waals surface area contributed by atoms with Crippen molar-refractivity contribution in [1.29, 1.82) is 0 Å². The molecule has 1 heterocycles. The number of benzene rings is 1. The van der Waals surface area contributed by atoms with Crippen molar-refractivity contribution in [1.82, 2.24) is 4.90 Å². The summed E-state index contributed by atoms with van der Waals surface area (Å²) in [6.45, 7) is 2.57. The second kappa shape index (κ2) is 7.44. The van der Waals surface area contributed by atoms with E-state index in [1.807, 2.05) is 12.1 Å². The van der Waals surface area contributed by atoms with E-state index in [1.165, 1.54) is 75.6 Å². The number of fused-ring (bicyclic) bond motifs is 3. The predicted octanol–water partition coefficient (Wildman–Crippen LogP) is 4.89. The highest BCUT2D eigenvalue weighted by atomic mass is 35.5. The van der Waals surface area contributed by atoms with Crippen LogP contribution in [-0.2, 0) is 6.42 Å². The van der Waals surface area contributed by atoms with Crippen molar-refractivity contribution in [3.63, 3.8) is 0 Å². The van der Waals surface area contributed by atoms with Gasteiger partial charge in [-0.2, -0.15) is 0 Å². The van der Waals surface area contributed by atoms with Crippen LogP contribution < -0.4 is 0 Å². The zero-order valence-corrected chi connectivity index (χ0v) is 14.9. The summed E-state index contributed by atoms with van der Waals surface area (Å²) >= 11 is 0. The highest BCUT2D eigenvalue weighted by Gasteiger charge is 2.39. The van der Waals surface area contributed by atoms with Crippen molar-refractivity contribution in [2.75, 3.05) is 13.1 Å². The number of aromatic hydroxyl groups is 1. The molecule has 2 fully saturated rings. The Bertz CT molecular complexity index is 526. The first kappa shape index (κ1) is 17.1.